The summed E-state index contributed by atoms with van der Waals surface area (Å²) in [5, 5.41) is 5.03. The van der Waals surface area contributed by atoms with Crippen LogP contribution in [0.25, 0.3) is 10.2 Å². The van der Waals surface area contributed by atoms with Crippen LogP contribution >= 0.6 is 22.7 Å². The Balaban J connectivity index is 1.79. The first-order valence-corrected chi connectivity index (χ1v) is 9.40. The van der Waals surface area contributed by atoms with Crippen molar-refractivity contribution in [2.45, 2.75) is 6.92 Å². The average Bonchev–Trinajstić information content (AvgIpc) is 3.27. The van der Waals surface area contributed by atoms with Gasteiger partial charge in [0, 0.05) is 7.05 Å². The van der Waals surface area contributed by atoms with Crippen LogP contribution in [0.5, 0.6) is 0 Å². The maximum Gasteiger partial charge on any atom is 0.416 e. The lowest BCUT2D eigenvalue weighted by Gasteiger charge is -2.14. The Labute approximate surface area is 157 Å². The van der Waals surface area contributed by atoms with Crippen LogP contribution in [0.1, 0.15) is 27.1 Å². The third kappa shape index (κ3) is 3.58. The first-order chi connectivity index (χ1) is 12.5. The van der Waals surface area contributed by atoms with E-state index in [-0.39, 0.29) is 12.2 Å². The molecule has 2 aromatic heterocycles. The zero-order valence-electron chi connectivity index (χ0n) is 14.0. The molecule has 7 nitrogen and oxygen atoms in total. The number of hydrogen-bond donors (Lipinski definition) is 1. The molecule has 3 amide bonds. The second kappa shape index (κ2) is 7.63. The Hall–Kier alpha value is -2.78. The average molecular weight is 389 g/mol. The number of carbonyl (C=O) groups excluding carboxylic acids is 3. The number of anilines is 1. The number of rotatable bonds is 4. The zero-order valence-corrected chi connectivity index (χ0v) is 15.6. The van der Waals surface area contributed by atoms with Gasteiger partial charge in [0.25, 0.3) is 11.8 Å². The Morgan fingerprint density at radius 2 is 2.00 bits per heavy atom. The van der Waals surface area contributed by atoms with Crippen molar-refractivity contribution >= 4 is 55.8 Å². The molecule has 0 aliphatic rings. The maximum absolute atomic E-state index is 12.5. The van der Waals surface area contributed by atoms with Crippen LogP contribution in [0.3, 0.4) is 0 Å². The van der Waals surface area contributed by atoms with Crippen molar-refractivity contribution in [3.8, 4) is 0 Å². The molecule has 0 saturated heterocycles. The first-order valence-electron chi connectivity index (χ1n) is 7.70. The highest BCUT2D eigenvalue weighted by Crippen LogP contribution is 2.27. The fraction of sp³-hybridized carbons (Fsp3) is 0.176. The summed E-state index contributed by atoms with van der Waals surface area (Å²) in [5.74, 6) is -0.953. The number of benzene rings is 1. The van der Waals surface area contributed by atoms with Crippen molar-refractivity contribution in [3.05, 3.63) is 46.3 Å². The maximum atomic E-state index is 12.5. The van der Waals surface area contributed by atoms with Crippen LogP contribution < -0.4 is 5.32 Å². The van der Waals surface area contributed by atoms with Crippen molar-refractivity contribution in [3.63, 3.8) is 0 Å². The van der Waals surface area contributed by atoms with E-state index in [1.165, 1.54) is 29.7 Å². The molecule has 1 aromatic carbocycles. The summed E-state index contributed by atoms with van der Waals surface area (Å²) in [4.78, 5) is 41.9. The molecule has 0 spiro atoms. The van der Waals surface area contributed by atoms with Gasteiger partial charge in [0.05, 0.1) is 22.4 Å². The summed E-state index contributed by atoms with van der Waals surface area (Å²) < 4.78 is 5.73. The number of amides is 3. The van der Waals surface area contributed by atoms with Crippen LogP contribution in [0, 0.1) is 0 Å². The fourth-order valence-corrected chi connectivity index (χ4v) is 3.82. The van der Waals surface area contributed by atoms with E-state index in [1.54, 1.807) is 18.4 Å². The summed E-state index contributed by atoms with van der Waals surface area (Å²) in [6.45, 7) is 1.83. The Kier molecular flexibility index (Phi) is 5.29. The van der Waals surface area contributed by atoms with Gasteiger partial charge in [-0.3, -0.25) is 9.59 Å². The van der Waals surface area contributed by atoms with E-state index in [9.17, 15) is 14.4 Å². The van der Waals surface area contributed by atoms with Crippen LogP contribution in [-0.4, -0.2) is 41.4 Å². The minimum absolute atomic E-state index is 0.168. The number of fused-ring (bicyclic) bond motifs is 1. The van der Waals surface area contributed by atoms with E-state index in [2.05, 4.69) is 10.3 Å². The number of ether oxygens (including phenoxy) is 1. The summed E-state index contributed by atoms with van der Waals surface area (Å²) in [7, 11) is 1.33. The van der Waals surface area contributed by atoms with Gasteiger partial charge in [-0.05, 0) is 30.5 Å². The van der Waals surface area contributed by atoms with Gasteiger partial charge in [-0.2, -0.15) is 0 Å². The normalized spacial score (nSPS) is 10.5. The number of nitrogens with one attached hydrogen (secondary N) is 1. The largest absolute Gasteiger partial charge is 0.449 e. The number of hydrogen-bond acceptors (Lipinski definition) is 7. The molecule has 0 saturated carbocycles. The molecule has 0 fully saturated rings. The van der Waals surface area contributed by atoms with E-state index in [1.807, 2.05) is 24.3 Å². The van der Waals surface area contributed by atoms with E-state index in [4.69, 9.17) is 4.74 Å². The van der Waals surface area contributed by atoms with Crippen molar-refractivity contribution in [1.82, 2.24) is 9.88 Å². The lowest BCUT2D eigenvalue weighted by atomic mass is 10.3. The number of nitrogens with zero attached hydrogens (tertiary/aromatic N) is 2. The number of thiazole rings is 1. The van der Waals surface area contributed by atoms with E-state index < -0.39 is 17.9 Å². The third-order valence-electron chi connectivity index (χ3n) is 3.46. The molecule has 0 radical (unpaired) electrons. The third-order valence-corrected chi connectivity index (χ3v) is 5.32. The lowest BCUT2D eigenvalue weighted by Crippen LogP contribution is -2.34. The molecular formula is C17H15N3O4S2. The van der Waals surface area contributed by atoms with E-state index in [0.717, 1.165) is 15.1 Å². The molecule has 0 aliphatic heterocycles. The summed E-state index contributed by atoms with van der Waals surface area (Å²) in [6.07, 6.45) is -0.743. The van der Waals surface area contributed by atoms with Gasteiger partial charge in [0.2, 0.25) is 0 Å². The van der Waals surface area contributed by atoms with Crippen molar-refractivity contribution in [1.29, 1.82) is 0 Å². The minimum Gasteiger partial charge on any atom is -0.449 e. The monoisotopic (exact) mass is 389 g/mol. The quantitative estimate of drug-likeness (QED) is 0.732. The van der Waals surface area contributed by atoms with Crippen molar-refractivity contribution < 1.29 is 19.1 Å². The smallest absolute Gasteiger partial charge is 0.416 e. The van der Waals surface area contributed by atoms with Crippen LogP contribution in [0.2, 0.25) is 0 Å². The molecule has 0 unspecified atom stereocenters. The fourth-order valence-electron chi connectivity index (χ4n) is 2.18. The first kappa shape index (κ1) is 18.0. The van der Waals surface area contributed by atoms with Crippen molar-refractivity contribution in [2.24, 2.45) is 0 Å². The second-order valence-corrected chi connectivity index (χ2v) is 7.11. The standard InChI is InChI=1S/C17H15N3O4S2/c1-3-24-17(23)20(2)16(22)10-8-9-25-14(10)19-13(21)15-18-11-6-4-5-7-12(11)26-15/h4-9H,3H2,1-2H3,(H,19,21). The topological polar surface area (TPSA) is 88.6 Å². The number of aromatic nitrogens is 1. The highest BCUT2D eigenvalue weighted by molar-refractivity contribution is 7.20. The molecule has 0 bridgehead atoms. The number of thiophene rings is 1. The molecule has 0 atom stereocenters. The van der Waals surface area contributed by atoms with Gasteiger partial charge in [-0.15, -0.1) is 22.7 Å². The van der Waals surface area contributed by atoms with E-state index in [0.29, 0.717) is 10.0 Å². The Morgan fingerprint density at radius 1 is 1.23 bits per heavy atom. The molecule has 0 aliphatic carbocycles. The Bertz CT molecular complexity index is 946. The van der Waals surface area contributed by atoms with Gasteiger partial charge < -0.3 is 10.1 Å². The number of para-hydroxylation sites is 1. The molecule has 3 aromatic rings. The van der Waals surface area contributed by atoms with Crippen LogP contribution in [-0.2, 0) is 4.74 Å². The van der Waals surface area contributed by atoms with Gasteiger partial charge >= 0.3 is 6.09 Å². The molecule has 3 rings (SSSR count). The van der Waals surface area contributed by atoms with Crippen molar-refractivity contribution in [2.75, 3.05) is 19.0 Å². The number of carbonyl (C=O) groups is 3. The molecular weight excluding hydrogens is 374 g/mol. The summed E-state index contributed by atoms with van der Waals surface area (Å²) >= 11 is 2.47. The highest BCUT2D eigenvalue weighted by atomic mass is 32.1. The molecule has 134 valence electrons. The van der Waals surface area contributed by atoms with E-state index >= 15 is 0 Å². The summed E-state index contributed by atoms with van der Waals surface area (Å²) in [5.41, 5.74) is 0.965. The van der Waals surface area contributed by atoms with Gasteiger partial charge in [0.1, 0.15) is 5.00 Å². The second-order valence-electron chi connectivity index (χ2n) is 5.17. The predicted octanol–water partition coefficient (Wildman–Crippen LogP) is 3.84. The van der Waals surface area contributed by atoms with Crippen LogP contribution in [0.4, 0.5) is 9.80 Å². The summed E-state index contributed by atoms with van der Waals surface area (Å²) in [6, 6.07) is 9.00. The molecule has 26 heavy (non-hydrogen) atoms. The molecule has 2 heterocycles. The van der Waals surface area contributed by atoms with Crippen LogP contribution in [0.15, 0.2) is 35.7 Å². The SMILES string of the molecule is CCOC(=O)N(C)C(=O)c1ccsc1NC(=O)c1nc2ccccc2s1. The Morgan fingerprint density at radius 3 is 2.73 bits per heavy atom. The highest BCUT2D eigenvalue weighted by Gasteiger charge is 2.24. The zero-order chi connectivity index (χ0) is 18.7. The van der Waals surface area contributed by atoms with Gasteiger partial charge in [-0.1, -0.05) is 12.1 Å². The minimum atomic E-state index is -0.743. The predicted molar refractivity (Wildman–Crippen MR) is 101 cm³/mol. The lowest BCUT2D eigenvalue weighted by molar-refractivity contribution is 0.0721. The molecule has 1 N–H and O–H groups in total. The number of imide groups is 1. The van der Waals surface area contributed by atoms with Gasteiger partial charge in [-0.25, -0.2) is 14.7 Å². The van der Waals surface area contributed by atoms with Gasteiger partial charge in [0.15, 0.2) is 5.01 Å². The molecule has 9 heteroatoms.